The highest BCUT2D eigenvalue weighted by atomic mass is 35.5. The van der Waals surface area contributed by atoms with Gasteiger partial charge in [0.05, 0.1) is 11.9 Å². The maximum Gasteiger partial charge on any atom is 0.271 e. The van der Waals surface area contributed by atoms with Gasteiger partial charge in [0.25, 0.3) is 5.91 Å². The lowest BCUT2D eigenvalue weighted by Crippen LogP contribution is -2.25. The number of carbonyl (C=O) groups is 1. The van der Waals surface area contributed by atoms with Gasteiger partial charge in [-0.15, -0.1) is 0 Å². The highest BCUT2D eigenvalue weighted by Crippen LogP contribution is 2.30. The molecule has 2 aromatic heterocycles. The molecule has 0 aliphatic heterocycles. The second-order valence-corrected chi connectivity index (χ2v) is 5.17. The molecular weight excluding hydrogens is 274 g/mol. The van der Waals surface area contributed by atoms with Gasteiger partial charge in [0.1, 0.15) is 4.88 Å². The lowest BCUT2D eigenvalue weighted by molar-refractivity contribution is 0.0997. The predicted molar refractivity (Wildman–Crippen MR) is 72.8 cm³/mol. The molecule has 0 unspecified atom stereocenters. The molecule has 18 heavy (non-hydrogen) atoms. The van der Waals surface area contributed by atoms with E-state index >= 15 is 0 Å². The van der Waals surface area contributed by atoms with E-state index in [1.165, 1.54) is 16.2 Å². The molecular formula is C10H12ClN5OS. The van der Waals surface area contributed by atoms with Crippen molar-refractivity contribution in [1.82, 2.24) is 15.2 Å². The first-order valence-electron chi connectivity index (χ1n) is 5.11. The predicted octanol–water partition coefficient (Wildman–Crippen LogP) is 1.86. The minimum absolute atomic E-state index is 0.202. The fourth-order valence-corrected chi connectivity index (χ4v) is 2.49. The molecule has 6 nitrogen and oxygen atoms in total. The lowest BCUT2D eigenvalue weighted by atomic mass is 10.4. The Morgan fingerprint density at radius 1 is 1.44 bits per heavy atom. The maximum atomic E-state index is 12.3. The average Bonchev–Trinajstić information content (AvgIpc) is 2.95. The Morgan fingerprint density at radius 3 is 2.67 bits per heavy atom. The fraction of sp³-hybridized carbons (Fsp3) is 0.300. The Morgan fingerprint density at radius 2 is 2.17 bits per heavy atom. The SMILES string of the molecule is CN(C)c1nc(Cl)c(C(=O)N(C)c2cn[nH]c2)s1. The van der Waals surface area contributed by atoms with E-state index in [9.17, 15) is 4.79 Å². The number of halogens is 1. The number of hydrogen-bond donors (Lipinski definition) is 1. The van der Waals surface area contributed by atoms with Crippen LogP contribution in [-0.2, 0) is 0 Å². The molecule has 8 heteroatoms. The number of amides is 1. The summed E-state index contributed by atoms with van der Waals surface area (Å²) in [4.78, 5) is 20.1. The summed E-state index contributed by atoms with van der Waals surface area (Å²) in [5, 5.41) is 7.38. The summed E-state index contributed by atoms with van der Waals surface area (Å²) in [7, 11) is 5.37. The van der Waals surface area contributed by atoms with E-state index < -0.39 is 0 Å². The fourth-order valence-electron chi connectivity index (χ4n) is 1.31. The number of thiazole rings is 1. The summed E-state index contributed by atoms with van der Waals surface area (Å²) in [6.45, 7) is 0. The normalized spacial score (nSPS) is 10.4. The van der Waals surface area contributed by atoms with Crippen molar-refractivity contribution in [3.05, 3.63) is 22.4 Å². The summed E-state index contributed by atoms with van der Waals surface area (Å²) in [6, 6.07) is 0. The zero-order valence-corrected chi connectivity index (χ0v) is 11.7. The number of H-pyrrole nitrogens is 1. The number of nitrogens with one attached hydrogen (secondary N) is 1. The van der Waals surface area contributed by atoms with Gasteiger partial charge < -0.3 is 9.80 Å². The number of carbonyl (C=O) groups excluding carboxylic acids is 1. The Balaban J connectivity index is 2.29. The third-order valence-electron chi connectivity index (χ3n) is 2.33. The smallest absolute Gasteiger partial charge is 0.271 e. The van der Waals surface area contributed by atoms with Gasteiger partial charge in [-0.05, 0) is 0 Å². The molecule has 0 saturated carbocycles. The molecule has 0 aliphatic carbocycles. The molecule has 0 bridgehead atoms. The van der Waals surface area contributed by atoms with Crippen LogP contribution in [0.25, 0.3) is 0 Å². The highest BCUT2D eigenvalue weighted by Gasteiger charge is 2.22. The Bertz CT molecular complexity index is 551. The van der Waals surface area contributed by atoms with Crippen LogP contribution in [0.15, 0.2) is 12.4 Å². The van der Waals surface area contributed by atoms with Crippen LogP contribution < -0.4 is 9.80 Å². The van der Waals surface area contributed by atoms with Crippen molar-refractivity contribution in [3.63, 3.8) is 0 Å². The third-order valence-corrected chi connectivity index (χ3v) is 3.92. The maximum absolute atomic E-state index is 12.3. The van der Waals surface area contributed by atoms with E-state index in [4.69, 9.17) is 11.6 Å². The van der Waals surface area contributed by atoms with Gasteiger partial charge in [-0.1, -0.05) is 22.9 Å². The molecule has 1 amide bonds. The number of aromatic nitrogens is 3. The second-order valence-electron chi connectivity index (χ2n) is 3.83. The zero-order chi connectivity index (χ0) is 13.3. The van der Waals surface area contributed by atoms with Crippen LogP contribution in [-0.4, -0.2) is 42.2 Å². The van der Waals surface area contributed by atoms with E-state index in [-0.39, 0.29) is 11.1 Å². The topological polar surface area (TPSA) is 65.1 Å². The minimum Gasteiger partial charge on any atom is -0.354 e. The highest BCUT2D eigenvalue weighted by molar-refractivity contribution is 7.18. The molecule has 2 heterocycles. The van der Waals surface area contributed by atoms with Crippen molar-refractivity contribution in [1.29, 1.82) is 0 Å². The van der Waals surface area contributed by atoms with Crippen LogP contribution in [0, 0.1) is 0 Å². The average molecular weight is 286 g/mol. The Labute approximate surface area is 113 Å². The van der Waals surface area contributed by atoms with E-state index in [2.05, 4.69) is 15.2 Å². The van der Waals surface area contributed by atoms with Crippen molar-refractivity contribution in [2.24, 2.45) is 0 Å². The lowest BCUT2D eigenvalue weighted by Gasteiger charge is -2.13. The van der Waals surface area contributed by atoms with E-state index in [1.54, 1.807) is 19.4 Å². The number of aromatic amines is 1. The van der Waals surface area contributed by atoms with Crippen molar-refractivity contribution in [3.8, 4) is 0 Å². The molecule has 2 aromatic rings. The quantitative estimate of drug-likeness (QED) is 0.935. The monoisotopic (exact) mass is 285 g/mol. The molecule has 1 N–H and O–H groups in total. The van der Waals surface area contributed by atoms with Crippen molar-refractivity contribution in [2.45, 2.75) is 0 Å². The van der Waals surface area contributed by atoms with E-state index in [0.29, 0.717) is 15.7 Å². The van der Waals surface area contributed by atoms with Crippen LogP contribution in [0.4, 0.5) is 10.8 Å². The van der Waals surface area contributed by atoms with Crippen LogP contribution >= 0.6 is 22.9 Å². The minimum atomic E-state index is -0.202. The van der Waals surface area contributed by atoms with Crippen molar-refractivity contribution < 1.29 is 4.79 Å². The van der Waals surface area contributed by atoms with Crippen LogP contribution in [0.5, 0.6) is 0 Å². The van der Waals surface area contributed by atoms with Gasteiger partial charge in [-0.3, -0.25) is 9.89 Å². The molecule has 0 saturated heterocycles. The summed E-state index contributed by atoms with van der Waals surface area (Å²) in [5.74, 6) is -0.202. The Kier molecular flexibility index (Phi) is 3.53. The Hall–Kier alpha value is -1.60. The standard InChI is InChI=1S/C10H12ClN5OS/c1-15(2)10-14-8(11)7(18-10)9(17)16(3)6-4-12-13-5-6/h4-5H,1-3H3,(H,12,13). The van der Waals surface area contributed by atoms with Gasteiger partial charge in [-0.25, -0.2) is 4.98 Å². The molecule has 0 aliphatic rings. The summed E-state index contributed by atoms with van der Waals surface area (Å²) >= 11 is 7.25. The van der Waals surface area contributed by atoms with Crippen LogP contribution in [0.1, 0.15) is 9.67 Å². The summed E-state index contributed by atoms with van der Waals surface area (Å²) in [6.07, 6.45) is 3.21. The van der Waals surface area contributed by atoms with E-state index in [0.717, 1.165) is 0 Å². The van der Waals surface area contributed by atoms with Crippen molar-refractivity contribution in [2.75, 3.05) is 30.9 Å². The van der Waals surface area contributed by atoms with Crippen LogP contribution in [0.3, 0.4) is 0 Å². The van der Waals surface area contributed by atoms with Gasteiger partial charge in [-0.2, -0.15) is 5.10 Å². The largest absolute Gasteiger partial charge is 0.354 e. The summed E-state index contributed by atoms with van der Waals surface area (Å²) < 4.78 is 0. The molecule has 0 aromatic carbocycles. The summed E-state index contributed by atoms with van der Waals surface area (Å²) in [5.41, 5.74) is 0.677. The molecule has 0 radical (unpaired) electrons. The van der Waals surface area contributed by atoms with Crippen molar-refractivity contribution >= 4 is 39.7 Å². The number of nitrogens with zero attached hydrogens (tertiary/aromatic N) is 4. The molecule has 0 fully saturated rings. The number of hydrogen-bond acceptors (Lipinski definition) is 5. The van der Waals surface area contributed by atoms with Gasteiger partial charge in [0, 0.05) is 27.3 Å². The molecule has 0 spiro atoms. The molecule has 96 valence electrons. The first-order chi connectivity index (χ1) is 8.50. The van der Waals surface area contributed by atoms with Gasteiger partial charge >= 0.3 is 0 Å². The zero-order valence-electron chi connectivity index (χ0n) is 10.1. The van der Waals surface area contributed by atoms with E-state index in [1.807, 2.05) is 19.0 Å². The molecule has 0 atom stereocenters. The third kappa shape index (κ3) is 2.32. The second kappa shape index (κ2) is 4.95. The molecule has 2 rings (SSSR count). The number of anilines is 2. The van der Waals surface area contributed by atoms with Crippen LogP contribution in [0.2, 0.25) is 5.15 Å². The first-order valence-corrected chi connectivity index (χ1v) is 6.30. The first kappa shape index (κ1) is 12.8. The van der Waals surface area contributed by atoms with Gasteiger partial charge in [0.15, 0.2) is 10.3 Å². The van der Waals surface area contributed by atoms with Gasteiger partial charge in [0.2, 0.25) is 0 Å². The number of rotatable bonds is 3.